The Balaban J connectivity index is 1.46. The van der Waals surface area contributed by atoms with Crippen LogP contribution in [0.15, 0.2) is 63.5 Å². The molecule has 9 heteroatoms. The molecule has 1 amide bonds. The predicted octanol–water partition coefficient (Wildman–Crippen LogP) is 2.85. The van der Waals surface area contributed by atoms with Crippen LogP contribution in [0.5, 0.6) is 5.75 Å². The number of methoxy groups -OCH3 is 1. The molecule has 0 fully saturated rings. The van der Waals surface area contributed by atoms with Crippen LogP contribution in [0.3, 0.4) is 0 Å². The SMILES string of the molecule is COc1ccccc1-c1csc(NC(=O)CCn2[nH]c(=O)c3ccccc3c2=O)n1. The Labute approximate surface area is 174 Å². The molecule has 0 radical (unpaired) electrons. The molecule has 0 unspecified atom stereocenters. The van der Waals surface area contributed by atoms with Crippen molar-refractivity contribution in [3.8, 4) is 17.0 Å². The first-order chi connectivity index (χ1) is 14.6. The molecule has 2 aromatic heterocycles. The third kappa shape index (κ3) is 3.87. The summed E-state index contributed by atoms with van der Waals surface area (Å²) in [7, 11) is 1.59. The molecule has 0 aliphatic rings. The summed E-state index contributed by atoms with van der Waals surface area (Å²) < 4.78 is 6.50. The van der Waals surface area contributed by atoms with E-state index >= 15 is 0 Å². The highest BCUT2D eigenvalue weighted by molar-refractivity contribution is 7.14. The molecule has 0 bridgehead atoms. The lowest BCUT2D eigenvalue weighted by Crippen LogP contribution is -2.31. The van der Waals surface area contributed by atoms with E-state index < -0.39 is 0 Å². The van der Waals surface area contributed by atoms with E-state index in [0.29, 0.717) is 27.3 Å². The molecule has 30 heavy (non-hydrogen) atoms. The topological polar surface area (TPSA) is 106 Å². The number of benzene rings is 2. The van der Waals surface area contributed by atoms with E-state index in [1.54, 1.807) is 31.4 Å². The van der Waals surface area contributed by atoms with Crippen LogP contribution in [0, 0.1) is 0 Å². The van der Waals surface area contributed by atoms with Gasteiger partial charge in [-0.25, -0.2) is 9.67 Å². The van der Waals surface area contributed by atoms with E-state index in [0.717, 1.165) is 10.2 Å². The minimum absolute atomic E-state index is 0.0117. The molecule has 8 nitrogen and oxygen atoms in total. The summed E-state index contributed by atoms with van der Waals surface area (Å²) >= 11 is 1.30. The number of hydrogen-bond donors (Lipinski definition) is 2. The van der Waals surface area contributed by atoms with Gasteiger partial charge >= 0.3 is 0 Å². The smallest absolute Gasteiger partial charge is 0.273 e. The number of fused-ring (bicyclic) bond motifs is 1. The third-order valence-corrected chi connectivity index (χ3v) is 5.34. The Kier molecular flexibility index (Phi) is 5.44. The Morgan fingerprint density at radius 1 is 1.13 bits per heavy atom. The van der Waals surface area contributed by atoms with E-state index in [9.17, 15) is 14.4 Å². The number of thiazole rings is 1. The van der Waals surface area contributed by atoms with E-state index in [2.05, 4.69) is 15.4 Å². The highest BCUT2D eigenvalue weighted by Crippen LogP contribution is 2.31. The number of rotatable bonds is 6. The number of hydrogen-bond acceptors (Lipinski definition) is 6. The van der Waals surface area contributed by atoms with Crippen molar-refractivity contribution in [3.05, 3.63) is 74.6 Å². The van der Waals surface area contributed by atoms with Gasteiger partial charge in [-0.15, -0.1) is 11.3 Å². The molecular formula is C21H18N4O4S. The van der Waals surface area contributed by atoms with E-state index in [1.807, 2.05) is 29.6 Å². The zero-order valence-corrected chi connectivity index (χ0v) is 16.9. The van der Waals surface area contributed by atoms with Crippen molar-refractivity contribution in [1.82, 2.24) is 14.8 Å². The van der Waals surface area contributed by atoms with Crippen molar-refractivity contribution in [2.24, 2.45) is 0 Å². The van der Waals surface area contributed by atoms with Gasteiger partial charge in [0.1, 0.15) is 5.75 Å². The molecule has 4 rings (SSSR count). The van der Waals surface area contributed by atoms with Gasteiger partial charge in [-0.2, -0.15) is 0 Å². The highest BCUT2D eigenvalue weighted by atomic mass is 32.1. The number of para-hydroxylation sites is 1. The number of aryl methyl sites for hydroxylation is 1. The Bertz CT molecular complexity index is 1340. The number of carbonyl (C=O) groups excluding carboxylic acids is 1. The predicted molar refractivity (Wildman–Crippen MR) is 116 cm³/mol. The zero-order chi connectivity index (χ0) is 21.1. The van der Waals surface area contributed by atoms with Crippen molar-refractivity contribution in [3.63, 3.8) is 0 Å². The molecule has 0 spiro atoms. The number of H-pyrrole nitrogens is 1. The molecule has 4 aromatic rings. The average molecular weight is 422 g/mol. The quantitative estimate of drug-likeness (QED) is 0.497. The van der Waals surface area contributed by atoms with Crippen molar-refractivity contribution in [1.29, 1.82) is 0 Å². The second kappa shape index (κ2) is 8.34. The largest absolute Gasteiger partial charge is 0.496 e. The van der Waals surface area contributed by atoms with Crippen LogP contribution in [0.1, 0.15) is 6.42 Å². The fraction of sp³-hybridized carbons (Fsp3) is 0.143. The average Bonchev–Trinajstić information content (AvgIpc) is 3.23. The van der Waals surface area contributed by atoms with E-state index in [-0.39, 0.29) is 30.0 Å². The molecule has 152 valence electrons. The number of nitrogens with zero attached hydrogens (tertiary/aromatic N) is 2. The summed E-state index contributed by atoms with van der Waals surface area (Å²) in [6.07, 6.45) is 0.0117. The molecule has 2 heterocycles. The van der Waals surface area contributed by atoms with Crippen LogP contribution in [0.25, 0.3) is 22.0 Å². The first kappa shape index (κ1) is 19.6. The number of carbonyl (C=O) groups is 1. The van der Waals surface area contributed by atoms with Gasteiger partial charge < -0.3 is 10.1 Å². The van der Waals surface area contributed by atoms with Crippen LogP contribution in [0.2, 0.25) is 0 Å². The molecule has 2 N–H and O–H groups in total. The Morgan fingerprint density at radius 3 is 2.67 bits per heavy atom. The van der Waals surface area contributed by atoms with Crippen LogP contribution in [0.4, 0.5) is 5.13 Å². The van der Waals surface area contributed by atoms with Gasteiger partial charge in [-0.3, -0.25) is 19.5 Å². The van der Waals surface area contributed by atoms with Crippen LogP contribution in [-0.2, 0) is 11.3 Å². The zero-order valence-electron chi connectivity index (χ0n) is 16.0. The Morgan fingerprint density at radius 2 is 1.87 bits per heavy atom. The highest BCUT2D eigenvalue weighted by Gasteiger charge is 2.12. The molecule has 0 aliphatic carbocycles. The van der Waals surface area contributed by atoms with E-state index in [1.165, 1.54) is 11.3 Å². The summed E-state index contributed by atoms with van der Waals surface area (Å²) in [6, 6.07) is 14.1. The number of aromatic amines is 1. The summed E-state index contributed by atoms with van der Waals surface area (Å²) in [4.78, 5) is 41.4. The summed E-state index contributed by atoms with van der Waals surface area (Å²) in [5.74, 6) is 0.386. The number of nitrogens with one attached hydrogen (secondary N) is 2. The van der Waals surface area contributed by atoms with Gasteiger partial charge in [0, 0.05) is 17.4 Å². The van der Waals surface area contributed by atoms with Gasteiger partial charge in [0.05, 0.1) is 30.1 Å². The standard InChI is InChI=1S/C21H18N4O4S/c1-29-17-9-5-4-8-15(17)16-12-30-21(22-16)23-18(26)10-11-25-20(28)14-7-3-2-6-13(14)19(27)24-25/h2-9,12H,10-11H2,1H3,(H,24,27)(H,22,23,26). The first-order valence-electron chi connectivity index (χ1n) is 9.17. The van der Waals surface area contributed by atoms with Crippen LogP contribution in [-0.4, -0.2) is 27.8 Å². The van der Waals surface area contributed by atoms with Crippen LogP contribution < -0.4 is 21.2 Å². The summed E-state index contributed by atoms with van der Waals surface area (Å²) in [5.41, 5.74) is 0.817. The number of aromatic nitrogens is 3. The number of anilines is 1. The number of amides is 1. The lowest BCUT2D eigenvalue weighted by Gasteiger charge is -2.07. The molecule has 0 saturated heterocycles. The van der Waals surface area contributed by atoms with Crippen molar-refractivity contribution in [2.45, 2.75) is 13.0 Å². The molecule has 0 aliphatic heterocycles. The fourth-order valence-corrected chi connectivity index (χ4v) is 3.84. The van der Waals surface area contributed by atoms with Crippen molar-refractivity contribution >= 4 is 33.1 Å². The monoisotopic (exact) mass is 422 g/mol. The van der Waals surface area contributed by atoms with Crippen molar-refractivity contribution < 1.29 is 9.53 Å². The van der Waals surface area contributed by atoms with Gasteiger partial charge in [0.25, 0.3) is 11.1 Å². The first-order valence-corrected chi connectivity index (χ1v) is 10.1. The van der Waals surface area contributed by atoms with Gasteiger partial charge in [-0.05, 0) is 24.3 Å². The summed E-state index contributed by atoms with van der Waals surface area (Å²) in [5, 5.41) is 8.18. The maximum atomic E-state index is 12.5. The van der Waals surface area contributed by atoms with Crippen molar-refractivity contribution in [2.75, 3.05) is 12.4 Å². The lowest BCUT2D eigenvalue weighted by molar-refractivity contribution is -0.116. The van der Waals surface area contributed by atoms with Gasteiger partial charge in [0.2, 0.25) is 5.91 Å². The second-order valence-corrected chi connectivity index (χ2v) is 7.34. The molecule has 0 atom stereocenters. The van der Waals surface area contributed by atoms with Gasteiger partial charge in [0.15, 0.2) is 5.13 Å². The minimum atomic E-state index is -0.369. The minimum Gasteiger partial charge on any atom is -0.496 e. The van der Waals surface area contributed by atoms with E-state index in [4.69, 9.17) is 4.74 Å². The van der Waals surface area contributed by atoms with Gasteiger partial charge in [-0.1, -0.05) is 24.3 Å². The normalized spacial score (nSPS) is 10.8. The molecule has 2 aromatic carbocycles. The fourth-order valence-electron chi connectivity index (χ4n) is 3.11. The Hall–Kier alpha value is -3.72. The lowest BCUT2D eigenvalue weighted by atomic mass is 10.1. The second-order valence-electron chi connectivity index (χ2n) is 6.48. The third-order valence-electron chi connectivity index (χ3n) is 4.58. The number of ether oxygens (including phenoxy) is 1. The maximum Gasteiger partial charge on any atom is 0.273 e. The summed E-state index contributed by atoms with van der Waals surface area (Å²) in [6.45, 7) is 0.0511. The maximum absolute atomic E-state index is 12.5. The van der Waals surface area contributed by atoms with Crippen LogP contribution >= 0.6 is 11.3 Å². The molecular weight excluding hydrogens is 404 g/mol. The molecule has 0 saturated carbocycles.